The van der Waals surface area contributed by atoms with Crippen molar-refractivity contribution in [2.45, 2.75) is 44.4 Å². The molecule has 1 aliphatic carbocycles. The Balaban J connectivity index is 2.37. The fraction of sp³-hybridized carbons (Fsp3) is 0.529. The molecule has 0 saturated heterocycles. The van der Waals surface area contributed by atoms with Crippen molar-refractivity contribution in [2.24, 2.45) is 0 Å². The van der Waals surface area contributed by atoms with E-state index in [1.807, 2.05) is 6.92 Å². The minimum atomic E-state index is -1.02. The van der Waals surface area contributed by atoms with Crippen LogP contribution in [0.25, 0.3) is 0 Å². The Labute approximate surface area is 129 Å². The lowest BCUT2D eigenvalue weighted by molar-refractivity contribution is -0.147. The molecule has 1 fully saturated rings. The highest BCUT2D eigenvalue weighted by atomic mass is 19.1. The lowest BCUT2D eigenvalue weighted by Crippen LogP contribution is -2.47. The van der Waals surface area contributed by atoms with Gasteiger partial charge < -0.3 is 10.0 Å². The summed E-state index contributed by atoms with van der Waals surface area (Å²) in [5.74, 6) is -1.56. The molecule has 1 aromatic carbocycles. The van der Waals surface area contributed by atoms with Crippen LogP contribution in [0.5, 0.6) is 0 Å². The Kier molecular flexibility index (Phi) is 5.16. The van der Waals surface area contributed by atoms with E-state index < -0.39 is 11.4 Å². The number of amides is 1. The number of aliphatic carboxylic acids is 1. The summed E-state index contributed by atoms with van der Waals surface area (Å²) >= 11 is 0. The van der Waals surface area contributed by atoms with Gasteiger partial charge in [-0.2, -0.15) is 0 Å². The molecular weight excluding hydrogens is 285 g/mol. The summed E-state index contributed by atoms with van der Waals surface area (Å²) in [6.07, 6.45) is 3.78. The number of nitrogens with zero attached hydrogens (tertiary/aromatic N) is 1. The third kappa shape index (κ3) is 3.29. The first-order chi connectivity index (χ1) is 10.5. The smallest absolute Gasteiger partial charge is 0.323 e. The van der Waals surface area contributed by atoms with Crippen LogP contribution in [0.15, 0.2) is 24.3 Å². The average molecular weight is 307 g/mol. The molecule has 0 atom stereocenters. The maximum absolute atomic E-state index is 13.6. The van der Waals surface area contributed by atoms with Gasteiger partial charge >= 0.3 is 5.97 Å². The molecular formula is C17H22FNO3. The molecule has 0 unspecified atom stereocenters. The highest BCUT2D eigenvalue weighted by Gasteiger charge is 2.45. The van der Waals surface area contributed by atoms with Crippen LogP contribution in [0.3, 0.4) is 0 Å². The summed E-state index contributed by atoms with van der Waals surface area (Å²) in [6, 6.07) is 6.16. The monoisotopic (exact) mass is 307 g/mol. The van der Waals surface area contributed by atoms with E-state index in [0.717, 1.165) is 12.8 Å². The van der Waals surface area contributed by atoms with Gasteiger partial charge in [-0.15, -0.1) is 0 Å². The van der Waals surface area contributed by atoms with Gasteiger partial charge in [0, 0.05) is 6.54 Å². The summed E-state index contributed by atoms with van der Waals surface area (Å²) in [4.78, 5) is 25.5. The van der Waals surface area contributed by atoms with Gasteiger partial charge in [0.05, 0.1) is 5.41 Å². The number of hydrogen-bond acceptors (Lipinski definition) is 2. The quantitative estimate of drug-likeness (QED) is 0.879. The second kappa shape index (κ2) is 6.90. The predicted octanol–water partition coefficient (Wildman–Crippen LogP) is 2.96. The fourth-order valence-electron chi connectivity index (χ4n) is 3.38. The summed E-state index contributed by atoms with van der Waals surface area (Å²) in [5, 5.41) is 9.05. The maximum Gasteiger partial charge on any atom is 0.323 e. The van der Waals surface area contributed by atoms with Crippen molar-refractivity contribution in [3.05, 3.63) is 35.6 Å². The molecule has 1 saturated carbocycles. The number of carboxylic acid groups (broad SMARTS) is 1. The van der Waals surface area contributed by atoms with Gasteiger partial charge in [-0.1, -0.05) is 31.9 Å². The molecule has 0 bridgehead atoms. The third-order valence-corrected chi connectivity index (χ3v) is 4.35. The van der Waals surface area contributed by atoms with Crippen LogP contribution < -0.4 is 0 Å². The molecule has 0 heterocycles. The largest absolute Gasteiger partial charge is 0.480 e. The number of hydrogen-bond donors (Lipinski definition) is 1. The number of halogens is 1. The van der Waals surface area contributed by atoms with Gasteiger partial charge in [0.2, 0.25) is 5.91 Å². The molecule has 0 radical (unpaired) electrons. The van der Waals surface area contributed by atoms with E-state index in [9.17, 15) is 14.0 Å². The predicted molar refractivity (Wildman–Crippen MR) is 81.1 cm³/mol. The average Bonchev–Trinajstić information content (AvgIpc) is 2.96. The van der Waals surface area contributed by atoms with Crippen molar-refractivity contribution in [1.82, 2.24) is 4.90 Å². The lowest BCUT2D eigenvalue weighted by atomic mass is 9.77. The molecule has 1 aromatic rings. The van der Waals surface area contributed by atoms with Crippen molar-refractivity contribution < 1.29 is 19.1 Å². The lowest BCUT2D eigenvalue weighted by Gasteiger charge is -2.34. The van der Waals surface area contributed by atoms with Gasteiger partial charge in [0.1, 0.15) is 12.4 Å². The summed E-state index contributed by atoms with van der Waals surface area (Å²) < 4.78 is 13.6. The van der Waals surface area contributed by atoms with Crippen LogP contribution >= 0.6 is 0 Å². The molecule has 2 rings (SSSR count). The van der Waals surface area contributed by atoms with Crippen molar-refractivity contribution in [3.63, 3.8) is 0 Å². The van der Waals surface area contributed by atoms with Crippen LogP contribution in [0.1, 0.15) is 44.6 Å². The highest BCUT2D eigenvalue weighted by Crippen LogP contribution is 2.42. The topological polar surface area (TPSA) is 57.6 Å². The van der Waals surface area contributed by atoms with Crippen molar-refractivity contribution in [1.29, 1.82) is 0 Å². The van der Waals surface area contributed by atoms with Crippen LogP contribution in [0.2, 0.25) is 0 Å². The number of rotatable bonds is 6. The first-order valence-corrected chi connectivity index (χ1v) is 7.77. The first-order valence-electron chi connectivity index (χ1n) is 7.77. The molecule has 5 heteroatoms. The Morgan fingerprint density at radius 3 is 2.55 bits per heavy atom. The van der Waals surface area contributed by atoms with E-state index in [2.05, 4.69) is 0 Å². The van der Waals surface area contributed by atoms with E-state index in [4.69, 9.17) is 5.11 Å². The zero-order valence-electron chi connectivity index (χ0n) is 12.8. The Bertz CT molecular complexity index is 553. The molecule has 1 N–H and O–H groups in total. The second-order valence-corrected chi connectivity index (χ2v) is 5.92. The summed E-state index contributed by atoms with van der Waals surface area (Å²) in [7, 11) is 0. The Hall–Kier alpha value is -1.91. The standard InChI is InChI=1S/C17H22FNO3/c1-2-10-19(12-15(20)21)16(22)17(8-3-4-9-17)13-6-5-7-14(18)11-13/h5-7,11H,2-4,8-10,12H2,1H3,(H,20,21). The molecule has 0 aromatic heterocycles. The van der Waals surface area contributed by atoms with Gasteiger partial charge in [-0.05, 0) is 37.0 Å². The first kappa shape index (κ1) is 16.5. The zero-order chi connectivity index (χ0) is 16.2. The third-order valence-electron chi connectivity index (χ3n) is 4.35. The number of carbonyl (C=O) groups is 2. The SMILES string of the molecule is CCCN(CC(=O)O)C(=O)C1(c2cccc(F)c2)CCCC1. The second-order valence-electron chi connectivity index (χ2n) is 5.92. The Morgan fingerprint density at radius 2 is 2.00 bits per heavy atom. The van der Waals surface area contributed by atoms with Crippen LogP contribution in [-0.2, 0) is 15.0 Å². The van der Waals surface area contributed by atoms with Crippen molar-refractivity contribution in [2.75, 3.05) is 13.1 Å². The van der Waals surface area contributed by atoms with Gasteiger partial charge in [-0.25, -0.2) is 4.39 Å². The van der Waals surface area contributed by atoms with Gasteiger partial charge in [0.15, 0.2) is 0 Å². The number of carbonyl (C=O) groups excluding carboxylic acids is 1. The minimum absolute atomic E-state index is 0.181. The number of benzene rings is 1. The van der Waals surface area contributed by atoms with E-state index >= 15 is 0 Å². The van der Waals surface area contributed by atoms with E-state index in [-0.39, 0.29) is 18.3 Å². The molecule has 120 valence electrons. The zero-order valence-corrected chi connectivity index (χ0v) is 12.8. The molecule has 1 amide bonds. The number of carboxylic acids is 1. The normalized spacial score (nSPS) is 16.5. The Morgan fingerprint density at radius 1 is 1.32 bits per heavy atom. The van der Waals surface area contributed by atoms with Crippen molar-refractivity contribution >= 4 is 11.9 Å². The fourth-order valence-corrected chi connectivity index (χ4v) is 3.38. The summed E-state index contributed by atoms with van der Waals surface area (Å²) in [5.41, 5.74) is -0.103. The summed E-state index contributed by atoms with van der Waals surface area (Å²) in [6.45, 7) is 2.01. The van der Waals surface area contributed by atoms with Gasteiger partial charge in [0.25, 0.3) is 0 Å². The van der Waals surface area contributed by atoms with E-state index in [1.54, 1.807) is 12.1 Å². The van der Waals surface area contributed by atoms with E-state index in [1.165, 1.54) is 17.0 Å². The van der Waals surface area contributed by atoms with Crippen LogP contribution in [0.4, 0.5) is 4.39 Å². The maximum atomic E-state index is 13.6. The van der Waals surface area contributed by atoms with Crippen LogP contribution in [0, 0.1) is 5.82 Å². The van der Waals surface area contributed by atoms with Crippen molar-refractivity contribution in [3.8, 4) is 0 Å². The van der Waals surface area contributed by atoms with Crippen LogP contribution in [-0.4, -0.2) is 35.0 Å². The molecule has 22 heavy (non-hydrogen) atoms. The minimum Gasteiger partial charge on any atom is -0.480 e. The molecule has 4 nitrogen and oxygen atoms in total. The van der Waals surface area contributed by atoms with Gasteiger partial charge in [-0.3, -0.25) is 9.59 Å². The molecule has 0 aliphatic heterocycles. The van der Waals surface area contributed by atoms with E-state index in [0.29, 0.717) is 31.4 Å². The molecule has 0 spiro atoms. The molecule has 1 aliphatic rings. The highest BCUT2D eigenvalue weighted by molar-refractivity contribution is 5.90.